The lowest BCUT2D eigenvalue weighted by atomic mass is 10.4. The summed E-state index contributed by atoms with van der Waals surface area (Å²) in [6, 6.07) is 3.81. The molecule has 0 aromatic carbocycles. The molecule has 1 heterocycles. The molecule has 0 saturated carbocycles. The van der Waals surface area contributed by atoms with E-state index in [2.05, 4.69) is 26.2 Å². The molecule has 96 valence electrons. The van der Waals surface area contributed by atoms with Crippen LogP contribution in [-0.2, 0) is 4.74 Å². The first-order chi connectivity index (χ1) is 8.24. The molecule has 17 heavy (non-hydrogen) atoms. The van der Waals surface area contributed by atoms with Crippen LogP contribution in [0.5, 0.6) is 0 Å². The summed E-state index contributed by atoms with van der Waals surface area (Å²) in [5.41, 5.74) is 0. The van der Waals surface area contributed by atoms with Gasteiger partial charge in [0.2, 0.25) is 0 Å². The number of thioether (sulfide) groups is 1. The van der Waals surface area contributed by atoms with Crippen LogP contribution >= 0.6 is 27.7 Å². The summed E-state index contributed by atoms with van der Waals surface area (Å²) in [5.74, 6) is 0.621. The Hall–Kier alpha value is -0.140. The average molecular weight is 321 g/mol. The van der Waals surface area contributed by atoms with Gasteiger partial charge in [-0.05, 0) is 28.1 Å². The first kappa shape index (κ1) is 14.9. The van der Waals surface area contributed by atoms with Gasteiger partial charge in [0, 0.05) is 36.6 Å². The molecule has 1 atom stereocenters. The number of rotatable bonds is 8. The summed E-state index contributed by atoms with van der Waals surface area (Å²) in [5, 5.41) is 13.8. The van der Waals surface area contributed by atoms with Crippen LogP contribution in [0, 0.1) is 0 Å². The number of nitrogens with zero attached hydrogens (tertiary/aromatic N) is 1. The number of hydrogen-bond acceptors (Lipinski definition) is 5. The van der Waals surface area contributed by atoms with E-state index >= 15 is 0 Å². The van der Waals surface area contributed by atoms with Gasteiger partial charge < -0.3 is 15.2 Å². The molecule has 1 rings (SSSR count). The van der Waals surface area contributed by atoms with Crippen molar-refractivity contribution in [2.45, 2.75) is 11.1 Å². The van der Waals surface area contributed by atoms with E-state index in [0.29, 0.717) is 18.9 Å². The van der Waals surface area contributed by atoms with E-state index in [9.17, 15) is 5.11 Å². The lowest BCUT2D eigenvalue weighted by Crippen LogP contribution is -2.30. The Kier molecular flexibility index (Phi) is 7.79. The molecule has 1 aromatic rings. The number of aliphatic hydroxyl groups excluding tert-OH is 1. The van der Waals surface area contributed by atoms with E-state index < -0.39 is 0 Å². The van der Waals surface area contributed by atoms with Crippen LogP contribution < -0.4 is 5.32 Å². The van der Waals surface area contributed by atoms with Crippen molar-refractivity contribution in [3.63, 3.8) is 0 Å². The second kappa shape index (κ2) is 8.88. The SMILES string of the molecule is COCCNCC(O)CSc1ncccc1Br. The van der Waals surface area contributed by atoms with Crippen molar-refractivity contribution in [1.29, 1.82) is 0 Å². The van der Waals surface area contributed by atoms with E-state index in [1.54, 1.807) is 13.3 Å². The lowest BCUT2D eigenvalue weighted by molar-refractivity contribution is 0.175. The fourth-order valence-corrected chi connectivity index (χ4v) is 2.56. The van der Waals surface area contributed by atoms with Crippen molar-refractivity contribution >= 4 is 27.7 Å². The van der Waals surface area contributed by atoms with E-state index in [1.165, 1.54) is 11.8 Å². The van der Waals surface area contributed by atoms with Gasteiger partial charge in [0.25, 0.3) is 0 Å². The molecule has 1 aromatic heterocycles. The highest BCUT2D eigenvalue weighted by Gasteiger charge is 2.07. The third-order valence-corrected chi connectivity index (χ3v) is 4.05. The zero-order valence-corrected chi connectivity index (χ0v) is 12.1. The molecule has 2 N–H and O–H groups in total. The topological polar surface area (TPSA) is 54.4 Å². The van der Waals surface area contributed by atoms with Gasteiger partial charge in [0.05, 0.1) is 12.7 Å². The first-order valence-corrected chi connectivity index (χ1v) is 7.13. The number of ether oxygens (including phenoxy) is 1. The predicted octanol–water partition coefficient (Wildman–Crippen LogP) is 1.53. The highest BCUT2D eigenvalue weighted by molar-refractivity contribution is 9.10. The third-order valence-electron chi connectivity index (χ3n) is 2.00. The summed E-state index contributed by atoms with van der Waals surface area (Å²) in [7, 11) is 1.66. The van der Waals surface area contributed by atoms with Gasteiger partial charge in [-0.25, -0.2) is 4.98 Å². The van der Waals surface area contributed by atoms with Crippen molar-refractivity contribution in [2.75, 3.05) is 32.6 Å². The molecule has 0 bridgehead atoms. The molecule has 0 aliphatic heterocycles. The highest BCUT2D eigenvalue weighted by atomic mass is 79.9. The van der Waals surface area contributed by atoms with Gasteiger partial charge in [0.15, 0.2) is 0 Å². The van der Waals surface area contributed by atoms with Crippen molar-refractivity contribution in [3.8, 4) is 0 Å². The minimum absolute atomic E-state index is 0.384. The Labute approximate surface area is 114 Å². The van der Waals surface area contributed by atoms with Gasteiger partial charge in [0.1, 0.15) is 5.03 Å². The Bertz CT molecular complexity index is 328. The van der Waals surface area contributed by atoms with Crippen molar-refractivity contribution < 1.29 is 9.84 Å². The maximum Gasteiger partial charge on any atom is 0.110 e. The molecular formula is C11H17BrN2O2S. The van der Waals surface area contributed by atoms with Crippen LogP contribution in [0.3, 0.4) is 0 Å². The van der Waals surface area contributed by atoms with Gasteiger partial charge in [-0.15, -0.1) is 11.8 Å². The van der Waals surface area contributed by atoms with Crippen LogP contribution in [0.1, 0.15) is 0 Å². The summed E-state index contributed by atoms with van der Waals surface area (Å²) in [6.07, 6.45) is 1.36. The second-order valence-corrected chi connectivity index (χ2v) is 5.32. The number of aliphatic hydroxyl groups is 1. The summed E-state index contributed by atoms with van der Waals surface area (Å²) < 4.78 is 5.87. The second-order valence-electron chi connectivity index (χ2n) is 3.45. The fourth-order valence-electron chi connectivity index (χ4n) is 1.15. The molecule has 0 radical (unpaired) electrons. The zero-order chi connectivity index (χ0) is 12.5. The van der Waals surface area contributed by atoms with Crippen LogP contribution in [0.4, 0.5) is 0 Å². The number of methoxy groups -OCH3 is 1. The Morgan fingerprint density at radius 2 is 2.47 bits per heavy atom. The van der Waals surface area contributed by atoms with E-state index in [1.807, 2.05) is 12.1 Å². The molecule has 0 fully saturated rings. The fraction of sp³-hybridized carbons (Fsp3) is 0.545. The van der Waals surface area contributed by atoms with E-state index in [-0.39, 0.29) is 6.10 Å². The van der Waals surface area contributed by atoms with Gasteiger partial charge in [-0.1, -0.05) is 0 Å². The van der Waals surface area contributed by atoms with Crippen molar-refractivity contribution in [1.82, 2.24) is 10.3 Å². The number of nitrogens with one attached hydrogen (secondary N) is 1. The maximum atomic E-state index is 9.73. The molecule has 6 heteroatoms. The smallest absolute Gasteiger partial charge is 0.110 e. The van der Waals surface area contributed by atoms with Crippen LogP contribution in [0.2, 0.25) is 0 Å². The normalized spacial score (nSPS) is 12.6. The summed E-state index contributed by atoms with van der Waals surface area (Å²) in [4.78, 5) is 4.22. The minimum Gasteiger partial charge on any atom is -0.391 e. The zero-order valence-electron chi connectivity index (χ0n) is 9.73. The Morgan fingerprint density at radius 1 is 1.65 bits per heavy atom. The predicted molar refractivity (Wildman–Crippen MR) is 73.4 cm³/mol. The van der Waals surface area contributed by atoms with Gasteiger partial charge >= 0.3 is 0 Å². The molecule has 1 unspecified atom stereocenters. The van der Waals surface area contributed by atoms with E-state index in [0.717, 1.165) is 16.0 Å². The standard InChI is InChI=1S/C11H17BrN2O2S/c1-16-6-5-13-7-9(15)8-17-11-10(12)3-2-4-14-11/h2-4,9,13,15H,5-8H2,1H3. The Balaban J connectivity index is 2.19. The molecule has 0 saturated heterocycles. The number of aromatic nitrogens is 1. The lowest BCUT2D eigenvalue weighted by Gasteiger charge is -2.11. The molecular weight excluding hydrogens is 304 g/mol. The van der Waals surface area contributed by atoms with Crippen LogP contribution in [0.15, 0.2) is 27.8 Å². The first-order valence-electron chi connectivity index (χ1n) is 5.35. The summed E-state index contributed by atoms with van der Waals surface area (Å²) >= 11 is 4.96. The maximum absolute atomic E-state index is 9.73. The van der Waals surface area contributed by atoms with Crippen molar-refractivity contribution in [3.05, 3.63) is 22.8 Å². The molecule has 0 aliphatic carbocycles. The largest absolute Gasteiger partial charge is 0.391 e. The van der Waals surface area contributed by atoms with Crippen LogP contribution in [-0.4, -0.2) is 48.8 Å². The minimum atomic E-state index is -0.384. The third kappa shape index (κ3) is 6.38. The number of pyridine rings is 1. The van der Waals surface area contributed by atoms with Crippen LogP contribution in [0.25, 0.3) is 0 Å². The van der Waals surface area contributed by atoms with Gasteiger partial charge in [-0.2, -0.15) is 0 Å². The molecule has 0 amide bonds. The number of halogens is 1. The molecule has 0 aliphatic rings. The molecule has 0 spiro atoms. The average Bonchev–Trinajstić information content (AvgIpc) is 2.34. The quantitative estimate of drug-likeness (QED) is 0.562. The monoisotopic (exact) mass is 320 g/mol. The molecule has 4 nitrogen and oxygen atoms in total. The Morgan fingerprint density at radius 3 is 3.18 bits per heavy atom. The van der Waals surface area contributed by atoms with Crippen molar-refractivity contribution in [2.24, 2.45) is 0 Å². The summed E-state index contributed by atoms with van der Waals surface area (Å²) in [6.45, 7) is 1.98. The number of hydrogen-bond donors (Lipinski definition) is 2. The highest BCUT2D eigenvalue weighted by Crippen LogP contribution is 2.24. The van der Waals surface area contributed by atoms with E-state index in [4.69, 9.17) is 4.74 Å². The van der Waals surface area contributed by atoms with Gasteiger partial charge in [-0.3, -0.25) is 0 Å².